The number of fused-ring (bicyclic) bond motifs is 4. The van der Waals surface area contributed by atoms with Gasteiger partial charge in [-0.25, -0.2) is 0 Å². The molecule has 5 rings (SSSR count). The summed E-state index contributed by atoms with van der Waals surface area (Å²) in [7, 11) is 0. The van der Waals surface area contributed by atoms with E-state index in [2.05, 4.69) is 10.6 Å². The Kier molecular flexibility index (Phi) is 5.07. The predicted octanol–water partition coefficient (Wildman–Crippen LogP) is 3.01. The Labute approximate surface area is 189 Å². The molecule has 2 saturated heterocycles. The number of nitrogens with one attached hydrogen (secondary N) is 2. The van der Waals surface area contributed by atoms with Gasteiger partial charge in [0.2, 0.25) is 17.7 Å². The molecule has 0 bridgehead atoms. The van der Waals surface area contributed by atoms with Crippen molar-refractivity contribution in [2.75, 3.05) is 17.3 Å². The first-order valence-electron chi connectivity index (χ1n) is 10.2. The number of hydrogen-bond acceptors (Lipinski definition) is 5. The lowest BCUT2D eigenvalue weighted by atomic mass is 9.76. The number of halogens is 1. The number of carbonyl (C=O) groups excluding carboxylic acids is 3. The highest BCUT2D eigenvalue weighted by Gasteiger charge is 2.70. The maximum atomic E-state index is 13.7. The maximum absolute atomic E-state index is 13.7. The van der Waals surface area contributed by atoms with Gasteiger partial charge in [-0.2, -0.15) is 11.8 Å². The monoisotopic (exact) mass is 455 g/mol. The number of rotatable bonds is 5. The Hall–Kier alpha value is -2.35. The lowest BCUT2D eigenvalue weighted by Crippen LogP contribution is -2.53. The first-order valence-corrected chi connectivity index (χ1v) is 12.0. The van der Waals surface area contributed by atoms with Gasteiger partial charge >= 0.3 is 0 Å². The average Bonchev–Trinajstić information content (AvgIpc) is 3.34. The molecule has 31 heavy (non-hydrogen) atoms. The first-order chi connectivity index (χ1) is 15.0. The molecular formula is C23H22ClN3O3S. The van der Waals surface area contributed by atoms with Crippen LogP contribution in [0.4, 0.5) is 5.69 Å². The van der Waals surface area contributed by atoms with Gasteiger partial charge in [0.05, 0.1) is 18.4 Å². The summed E-state index contributed by atoms with van der Waals surface area (Å²) in [5.74, 6) is -1.36. The summed E-state index contributed by atoms with van der Waals surface area (Å²) in [6, 6.07) is 14.3. The second kappa shape index (κ2) is 7.65. The summed E-state index contributed by atoms with van der Waals surface area (Å²) in [5, 5.41) is 6.87. The Morgan fingerprint density at radius 2 is 1.81 bits per heavy atom. The number of nitrogens with zero attached hydrogens (tertiary/aromatic N) is 1. The fourth-order valence-electron chi connectivity index (χ4n) is 5.26. The van der Waals surface area contributed by atoms with Gasteiger partial charge in [0.25, 0.3) is 0 Å². The van der Waals surface area contributed by atoms with Crippen molar-refractivity contribution in [2.45, 2.75) is 24.5 Å². The number of carbonyl (C=O) groups is 3. The topological polar surface area (TPSA) is 78.5 Å². The van der Waals surface area contributed by atoms with E-state index in [0.717, 1.165) is 11.3 Å². The lowest BCUT2D eigenvalue weighted by molar-refractivity contribution is -0.143. The Balaban J connectivity index is 1.58. The van der Waals surface area contributed by atoms with Gasteiger partial charge < -0.3 is 5.32 Å². The van der Waals surface area contributed by atoms with Crippen molar-refractivity contribution in [2.24, 2.45) is 11.8 Å². The minimum atomic E-state index is -1.23. The third kappa shape index (κ3) is 2.94. The van der Waals surface area contributed by atoms with E-state index in [0.29, 0.717) is 22.7 Å². The van der Waals surface area contributed by atoms with Crippen LogP contribution in [-0.4, -0.2) is 40.7 Å². The van der Waals surface area contributed by atoms with Gasteiger partial charge in [-0.1, -0.05) is 48.0 Å². The Bertz CT molecular complexity index is 1090. The normalized spacial score (nSPS) is 28.9. The highest BCUT2D eigenvalue weighted by molar-refractivity contribution is 7.98. The zero-order valence-corrected chi connectivity index (χ0v) is 18.5. The fraction of sp³-hybridized carbons (Fsp3) is 0.348. The molecule has 0 aliphatic carbocycles. The fourth-order valence-corrected chi connectivity index (χ4v) is 5.95. The number of benzene rings is 2. The molecule has 0 aromatic heterocycles. The van der Waals surface area contributed by atoms with Crippen molar-refractivity contribution in [1.29, 1.82) is 0 Å². The zero-order chi connectivity index (χ0) is 21.8. The number of imide groups is 1. The lowest BCUT2D eigenvalue weighted by Gasteiger charge is -2.29. The average molecular weight is 456 g/mol. The molecule has 0 unspecified atom stereocenters. The molecule has 2 N–H and O–H groups in total. The van der Waals surface area contributed by atoms with Crippen LogP contribution in [0.15, 0.2) is 48.5 Å². The number of thioether (sulfide) groups is 1. The van der Waals surface area contributed by atoms with Crippen molar-refractivity contribution in [3.63, 3.8) is 0 Å². The van der Waals surface area contributed by atoms with E-state index in [1.165, 1.54) is 4.90 Å². The molecule has 6 nitrogen and oxygen atoms in total. The van der Waals surface area contributed by atoms with Gasteiger partial charge in [0.15, 0.2) is 0 Å². The van der Waals surface area contributed by atoms with Crippen molar-refractivity contribution >= 4 is 46.8 Å². The minimum Gasteiger partial charge on any atom is -0.324 e. The number of amides is 3. The standard InChI is InChI=1S/C23H22ClN3O3S/c1-31-11-10-17-18-19(23(26-17)14-7-3-5-9-16(14)25-22(23)30)21(29)27(20(18)28)12-13-6-2-4-8-15(13)24/h2-9,17-19,26H,10-12H2,1H3,(H,25,30)/t17-,18-,19+,23-/m1/s1. The summed E-state index contributed by atoms with van der Waals surface area (Å²) in [6.45, 7) is 0.110. The summed E-state index contributed by atoms with van der Waals surface area (Å²) >= 11 is 7.98. The van der Waals surface area contributed by atoms with Crippen LogP contribution in [0.5, 0.6) is 0 Å². The smallest absolute Gasteiger partial charge is 0.250 e. The van der Waals surface area contributed by atoms with Gasteiger partial charge in [-0.05, 0) is 36.1 Å². The Morgan fingerprint density at radius 3 is 2.58 bits per heavy atom. The van der Waals surface area contributed by atoms with Crippen LogP contribution >= 0.6 is 23.4 Å². The number of para-hydroxylation sites is 1. The SMILES string of the molecule is CSCC[C@H]1N[C@@]2(C(=O)Nc3ccccc32)[C@@H]2C(=O)N(Cc3ccccc3Cl)C(=O)[C@@H]21. The second-order valence-electron chi connectivity index (χ2n) is 8.20. The van der Waals surface area contributed by atoms with Crippen LogP contribution in [0.1, 0.15) is 17.5 Å². The van der Waals surface area contributed by atoms with Crippen LogP contribution in [0, 0.1) is 11.8 Å². The maximum Gasteiger partial charge on any atom is 0.250 e. The van der Waals surface area contributed by atoms with Crippen molar-refractivity contribution < 1.29 is 14.4 Å². The van der Waals surface area contributed by atoms with Crippen LogP contribution in [0.2, 0.25) is 5.02 Å². The van der Waals surface area contributed by atoms with Gasteiger partial charge in [0.1, 0.15) is 5.54 Å². The largest absolute Gasteiger partial charge is 0.324 e. The molecule has 0 saturated carbocycles. The van der Waals surface area contributed by atoms with Crippen LogP contribution < -0.4 is 10.6 Å². The molecule has 3 aliphatic heterocycles. The van der Waals surface area contributed by atoms with E-state index >= 15 is 0 Å². The van der Waals surface area contributed by atoms with Crippen molar-refractivity contribution in [3.8, 4) is 0 Å². The van der Waals surface area contributed by atoms with Crippen molar-refractivity contribution in [1.82, 2.24) is 10.2 Å². The molecule has 2 aromatic carbocycles. The van der Waals surface area contributed by atoms with Gasteiger partial charge in [0, 0.05) is 22.3 Å². The predicted molar refractivity (Wildman–Crippen MR) is 121 cm³/mol. The third-order valence-corrected chi connectivity index (χ3v) is 7.65. The number of anilines is 1. The molecule has 0 radical (unpaired) electrons. The van der Waals surface area contributed by atoms with E-state index in [-0.39, 0.29) is 30.3 Å². The molecule has 3 amide bonds. The van der Waals surface area contributed by atoms with Crippen molar-refractivity contribution in [3.05, 3.63) is 64.7 Å². The number of likely N-dealkylation sites (tertiary alicyclic amines) is 1. The third-order valence-electron chi connectivity index (χ3n) is 6.63. The first kappa shape index (κ1) is 20.5. The quantitative estimate of drug-likeness (QED) is 0.677. The summed E-state index contributed by atoms with van der Waals surface area (Å²) in [6.07, 6.45) is 2.70. The van der Waals surface area contributed by atoms with E-state index in [1.807, 2.05) is 48.7 Å². The number of hydrogen-bond donors (Lipinski definition) is 2. The molecule has 1 spiro atoms. The van der Waals surface area contributed by atoms with E-state index in [1.54, 1.807) is 17.8 Å². The van der Waals surface area contributed by atoms with E-state index < -0.39 is 17.4 Å². The molecule has 2 aromatic rings. The van der Waals surface area contributed by atoms with Crippen LogP contribution in [-0.2, 0) is 26.5 Å². The molecular weight excluding hydrogens is 434 g/mol. The molecule has 3 heterocycles. The highest BCUT2D eigenvalue weighted by atomic mass is 35.5. The second-order valence-corrected chi connectivity index (χ2v) is 9.59. The van der Waals surface area contributed by atoms with E-state index in [9.17, 15) is 14.4 Å². The highest BCUT2D eigenvalue weighted by Crippen LogP contribution is 2.53. The van der Waals surface area contributed by atoms with Gasteiger partial charge in [-0.15, -0.1) is 0 Å². The minimum absolute atomic E-state index is 0.110. The molecule has 4 atom stereocenters. The molecule has 3 aliphatic rings. The zero-order valence-electron chi connectivity index (χ0n) is 16.9. The van der Waals surface area contributed by atoms with Crippen LogP contribution in [0.25, 0.3) is 0 Å². The van der Waals surface area contributed by atoms with Crippen LogP contribution in [0.3, 0.4) is 0 Å². The van der Waals surface area contributed by atoms with E-state index in [4.69, 9.17) is 11.6 Å². The van der Waals surface area contributed by atoms with Gasteiger partial charge in [-0.3, -0.25) is 24.6 Å². The summed E-state index contributed by atoms with van der Waals surface area (Å²) in [4.78, 5) is 41.8. The Morgan fingerprint density at radius 1 is 1.06 bits per heavy atom. The summed E-state index contributed by atoms with van der Waals surface area (Å²) in [5.41, 5.74) is 0.910. The molecule has 8 heteroatoms. The molecule has 160 valence electrons. The summed E-state index contributed by atoms with van der Waals surface area (Å²) < 4.78 is 0. The molecule has 2 fully saturated rings.